The Bertz CT molecular complexity index is 841. The van der Waals surface area contributed by atoms with Gasteiger partial charge in [-0.3, -0.25) is 0 Å². The molecule has 134 valence electrons. The molecule has 3 rings (SSSR count). The topological polar surface area (TPSA) is 53.1 Å². The van der Waals surface area contributed by atoms with Gasteiger partial charge in [-0.2, -0.15) is 4.98 Å². The molecule has 0 radical (unpaired) electrons. The Morgan fingerprint density at radius 3 is 2.31 bits per heavy atom. The van der Waals surface area contributed by atoms with Gasteiger partial charge in [0, 0.05) is 36.3 Å². The van der Waals surface area contributed by atoms with Gasteiger partial charge in [0.25, 0.3) is 0 Å². The Morgan fingerprint density at radius 1 is 0.885 bits per heavy atom. The second kappa shape index (κ2) is 8.34. The Labute approximate surface area is 155 Å². The summed E-state index contributed by atoms with van der Waals surface area (Å²) in [5.41, 5.74) is 4.40. The minimum absolute atomic E-state index is 0.569. The highest BCUT2D eigenvalue weighted by molar-refractivity contribution is 5.63. The number of aromatic nitrogens is 2. The molecule has 5 nitrogen and oxygen atoms in total. The van der Waals surface area contributed by atoms with Gasteiger partial charge < -0.3 is 15.5 Å². The molecule has 0 aliphatic heterocycles. The van der Waals surface area contributed by atoms with Crippen LogP contribution in [-0.2, 0) is 0 Å². The van der Waals surface area contributed by atoms with Gasteiger partial charge >= 0.3 is 0 Å². The number of para-hydroxylation sites is 1. The summed E-state index contributed by atoms with van der Waals surface area (Å²) >= 11 is 0. The zero-order valence-electron chi connectivity index (χ0n) is 15.5. The van der Waals surface area contributed by atoms with Gasteiger partial charge in [-0.15, -0.1) is 0 Å². The molecule has 0 spiro atoms. The van der Waals surface area contributed by atoms with Gasteiger partial charge in [0.1, 0.15) is 5.82 Å². The van der Waals surface area contributed by atoms with Crippen LogP contribution in [0, 0.1) is 6.92 Å². The van der Waals surface area contributed by atoms with Crippen LogP contribution in [0.15, 0.2) is 60.8 Å². The lowest BCUT2D eigenvalue weighted by Gasteiger charge is -2.21. The molecular formula is C21H25N5. The van der Waals surface area contributed by atoms with Gasteiger partial charge in [-0.25, -0.2) is 4.98 Å². The summed E-state index contributed by atoms with van der Waals surface area (Å²) < 4.78 is 0. The Kier molecular flexibility index (Phi) is 5.69. The van der Waals surface area contributed by atoms with Crippen molar-refractivity contribution in [3.05, 3.63) is 66.4 Å². The van der Waals surface area contributed by atoms with Crippen LogP contribution in [0.5, 0.6) is 0 Å². The zero-order valence-corrected chi connectivity index (χ0v) is 15.5. The van der Waals surface area contributed by atoms with Crippen molar-refractivity contribution in [2.45, 2.75) is 20.8 Å². The van der Waals surface area contributed by atoms with E-state index in [9.17, 15) is 0 Å². The predicted molar refractivity (Wildman–Crippen MR) is 110 cm³/mol. The first-order valence-electron chi connectivity index (χ1n) is 8.97. The summed E-state index contributed by atoms with van der Waals surface area (Å²) in [4.78, 5) is 11.2. The molecule has 0 aliphatic rings. The Morgan fingerprint density at radius 2 is 1.62 bits per heavy atom. The molecule has 0 saturated carbocycles. The molecule has 0 unspecified atom stereocenters. The molecule has 0 fully saturated rings. The molecule has 1 aromatic heterocycles. The van der Waals surface area contributed by atoms with E-state index >= 15 is 0 Å². The van der Waals surface area contributed by atoms with Crippen LogP contribution in [0.1, 0.15) is 19.4 Å². The number of anilines is 5. The monoisotopic (exact) mass is 347 g/mol. The van der Waals surface area contributed by atoms with Gasteiger partial charge in [0.2, 0.25) is 5.95 Å². The minimum Gasteiger partial charge on any atom is -0.372 e. The third-order valence-corrected chi connectivity index (χ3v) is 4.32. The maximum Gasteiger partial charge on any atom is 0.229 e. The minimum atomic E-state index is 0.569. The van der Waals surface area contributed by atoms with Crippen LogP contribution in [0.25, 0.3) is 0 Å². The van der Waals surface area contributed by atoms with Crippen LogP contribution >= 0.6 is 0 Å². The van der Waals surface area contributed by atoms with Crippen molar-refractivity contribution < 1.29 is 0 Å². The first kappa shape index (κ1) is 17.7. The molecule has 2 N–H and O–H groups in total. The number of rotatable bonds is 7. The second-order valence-corrected chi connectivity index (χ2v) is 6.05. The predicted octanol–water partition coefficient (Wildman–Crippen LogP) is 5.12. The number of hydrogen-bond acceptors (Lipinski definition) is 5. The number of hydrogen-bond donors (Lipinski definition) is 2. The highest BCUT2D eigenvalue weighted by Crippen LogP contribution is 2.22. The van der Waals surface area contributed by atoms with Gasteiger partial charge in [-0.05, 0) is 62.7 Å². The van der Waals surface area contributed by atoms with Crippen LogP contribution in [-0.4, -0.2) is 23.1 Å². The molecule has 0 atom stereocenters. The fourth-order valence-corrected chi connectivity index (χ4v) is 2.81. The van der Waals surface area contributed by atoms with Crippen molar-refractivity contribution in [3.8, 4) is 0 Å². The summed E-state index contributed by atoms with van der Waals surface area (Å²) in [6.07, 6.45) is 1.75. The van der Waals surface area contributed by atoms with E-state index in [-0.39, 0.29) is 0 Å². The van der Waals surface area contributed by atoms with E-state index < -0.39 is 0 Å². The fourth-order valence-electron chi connectivity index (χ4n) is 2.81. The number of aryl methyl sites for hydroxylation is 1. The summed E-state index contributed by atoms with van der Waals surface area (Å²) in [6, 6.07) is 18.3. The lowest BCUT2D eigenvalue weighted by molar-refractivity contribution is 0.866. The van der Waals surface area contributed by atoms with E-state index in [2.05, 4.69) is 76.6 Å². The normalized spacial score (nSPS) is 10.4. The largest absolute Gasteiger partial charge is 0.372 e. The van der Waals surface area contributed by atoms with Crippen LogP contribution < -0.4 is 15.5 Å². The average molecular weight is 347 g/mol. The third-order valence-electron chi connectivity index (χ3n) is 4.32. The molecule has 0 bridgehead atoms. The zero-order chi connectivity index (χ0) is 18.4. The quantitative estimate of drug-likeness (QED) is 0.621. The maximum absolute atomic E-state index is 4.55. The number of benzene rings is 2. The standard InChI is InChI=1S/C21H25N5/c1-4-26(5-2)18-12-10-17(11-13-18)23-21-22-15-14-20(25-21)24-19-9-7-6-8-16(19)3/h6-15H,4-5H2,1-3H3,(H2,22,23,24,25). The fraction of sp³-hybridized carbons (Fsp3) is 0.238. The highest BCUT2D eigenvalue weighted by Gasteiger charge is 2.04. The molecule has 1 heterocycles. The summed E-state index contributed by atoms with van der Waals surface area (Å²) in [6.45, 7) is 8.39. The first-order valence-corrected chi connectivity index (χ1v) is 8.97. The molecule has 5 heteroatoms. The van der Waals surface area contributed by atoms with E-state index in [1.807, 2.05) is 24.3 Å². The van der Waals surface area contributed by atoms with Gasteiger partial charge in [0.05, 0.1) is 0 Å². The second-order valence-electron chi connectivity index (χ2n) is 6.05. The molecule has 0 saturated heterocycles. The van der Waals surface area contributed by atoms with Gasteiger partial charge in [0.15, 0.2) is 0 Å². The lowest BCUT2D eigenvalue weighted by Crippen LogP contribution is -2.21. The van der Waals surface area contributed by atoms with Crippen molar-refractivity contribution in [1.82, 2.24) is 9.97 Å². The molecule has 3 aromatic rings. The highest BCUT2D eigenvalue weighted by atomic mass is 15.1. The van der Waals surface area contributed by atoms with Crippen LogP contribution in [0.3, 0.4) is 0 Å². The first-order chi connectivity index (χ1) is 12.7. The molecule has 2 aromatic carbocycles. The SMILES string of the molecule is CCN(CC)c1ccc(Nc2nccc(Nc3ccccc3C)n2)cc1. The van der Waals surface area contributed by atoms with Crippen LogP contribution in [0.2, 0.25) is 0 Å². The molecule has 0 amide bonds. The van der Waals surface area contributed by atoms with E-state index in [4.69, 9.17) is 0 Å². The summed E-state index contributed by atoms with van der Waals surface area (Å²) in [5, 5.41) is 6.61. The number of nitrogens with one attached hydrogen (secondary N) is 2. The van der Waals surface area contributed by atoms with Crippen molar-refractivity contribution in [1.29, 1.82) is 0 Å². The maximum atomic E-state index is 4.55. The van der Waals surface area contributed by atoms with Crippen molar-refractivity contribution in [2.24, 2.45) is 0 Å². The molecule has 26 heavy (non-hydrogen) atoms. The smallest absolute Gasteiger partial charge is 0.229 e. The van der Waals surface area contributed by atoms with Crippen molar-refractivity contribution in [2.75, 3.05) is 28.6 Å². The Balaban J connectivity index is 1.72. The van der Waals surface area contributed by atoms with E-state index in [1.54, 1.807) is 6.20 Å². The third kappa shape index (κ3) is 4.30. The molecular weight excluding hydrogens is 322 g/mol. The summed E-state index contributed by atoms with van der Waals surface area (Å²) in [7, 11) is 0. The van der Waals surface area contributed by atoms with Crippen molar-refractivity contribution in [3.63, 3.8) is 0 Å². The van der Waals surface area contributed by atoms with E-state index in [1.165, 1.54) is 11.3 Å². The van der Waals surface area contributed by atoms with Crippen molar-refractivity contribution >= 4 is 28.8 Å². The van der Waals surface area contributed by atoms with Crippen LogP contribution in [0.4, 0.5) is 28.8 Å². The molecule has 0 aliphatic carbocycles. The summed E-state index contributed by atoms with van der Waals surface area (Å²) in [5.74, 6) is 1.33. The van der Waals surface area contributed by atoms with E-state index in [0.717, 1.165) is 30.3 Å². The lowest BCUT2D eigenvalue weighted by atomic mass is 10.2. The number of nitrogens with zero attached hydrogens (tertiary/aromatic N) is 3. The van der Waals surface area contributed by atoms with E-state index in [0.29, 0.717) is 5.95 Å². The Hall–Kier alpha value is -3.08. The average Bonchev–Trinajstić information content (AvgIpc) is 2.66. The van der Waals surface area contributed by atoms with Gasteiger partial charge in [-0.1, -0.05) is 18.2 Å².